The standard InChI is InChI=1S/C15H12F2OS/c1-2-14(18)10-3-6-12(7-4-10)19-15-8-5-11(16)9-13(15)17/h3-9H,2H2,1H3. The number of hydrogen-bond donors (Lipinski definition) is 0. The van der Waals surface area contributed by atoms with Crippen LogP contribution < -0.4 is 0 Å². The average molecular weight is 278 g/mol. The zero-order valence-corrected chi connectivity index (χ0v) is 11.1. The summed E-state index contributed by atoms with van der Waals surface area (Å²) in [6.45, 7) is 1.80. The summed E-state index contributed by atoms with van der Waals surface area (Å²) in [5.74, 6) is -1.10. The second-order valence-corrected chi connectivity index (χ2v) is 5.09. The van der Waals surface area contributed by atoms with Crippen molar-refractivity contribution in [3.05, 3.63) is 59.7 Å². The summed E-state index contributed by atoms with van der Waals surface area (Å²) in [5.41, 5.74) is 0.645. The molecule has 0 N–H and O–H groups in total. The van der Waals surface area contributed by atoms with Crippen LogP contribution in [0, 0.1) is 11.6 Å². The highest BCUT2D eigenvalue weighted by Crippen LogP contribution is 2.30. The van der Waals surface area contributed by atoms with Crippen LogP contribution in [0.4, 0.5) is 8.78 Å². The Labute approximate surface area is 114 Å². The van der Waals surface area contributed by atoms with Gasteiger partial charge in [-0.2, -0.15) is 0 Å². The Morgan fingerprint density at radius 2 is 1.79 bits per heavy atom. The van der Waals surface area contributed by atoms with Crippen LogP contribution in [0.3, 0.4) is 0 Å². The topological polar surface area (TPSA) is 17.1 Å². The summed E-state index contributed by atoms with van der Waals surface area (Å²) in [7, 11) is 0. The Bertz CT molecular complexity index is 594. The molecule has 1 nitrogen and oxygen atoms in total. The fourth-order valence-corrected chi connectivity index (χ4v) is 2.42. The van der Waals surface area contributed by atoms with Crippen LogP contribution in [-0.4, -0.2) is 5.78 Å². The fraction of sp³-hybridized carbons (Fsp3) is 0.133. The highest BCUT2D eigenvalue weighted by molar-refractivity contribution is 7.99. The first-order chi connectivity index (χ1) is 9.10. The van der Waals surface area contributed by atoms with Crippen LogP contribution in [-0.2, 0) is 0 Å². The summed E-state index contributed by atoms with van der Waals surface area (Å²) in [4.78, 5) is 12.6. The van der Waals surface area contributed by atoms with Gasteiger partial charge in [0, 0.05) is 27.8 Å². The number of halogens is 2. The molecular weight excluding hydrogens is 266 g/mol. The molecule has 0 aliphatic rings. The van der Waals surface area contributed by atoms with Gasteiger partial charge in [0.15, 0.2) is 5.78 Å². The van der Waals surface area contributed by atoms with Crippen molar-refractivity contribution < 1.29 is 13.6 Å². The normalized spacial score (nSPS) is 10.5. The van der Waals surface area contributed by atoms with Crippen molar-refractivity contribution in [2.75, 3.05) is 0 Å². The molecule has 98 valence electrons. The fourth-order valence-electron chi connectivity index (χ4n) is 1.60. The van der Waals surface area contributed by atoms with Crippen LogP contribution >= 0.6 is 11.8 Å². The zero-order chi connectivity index (χ0) is 13.8. The van der Waals surface area contributed by atoms with Gasteiger partial charge in [0.2, 0.25) is 0 Å². The predicted octanol–water partition coefficient (Wildman–Crippen LogP) is 4.71. The van der Waals surface area contributed by atoms with Crippen LogP contribution in [0.2, 0.25) is 0 Å². The lowest BCUT2D eigenvalue weighted by atomic mass is 10.1. The van der Waals surface area contributed by atoms with Crippen LogP contribution in [0.5, 0.6) is 0 Å². The molecule has 0 radical (unpaired) electrons. The monoisotopic (exact) mass is 278 g/mol. The van der Waals surface area contributed by atoms with E-state index in [0.717, 1.165) is 11.0 Å². The van der Waals surface area contributed by atoms with Gasteiger partial charge < -0.3 is 0 Å². The maximum atomic E-state index is 13.5. The van der Waals surface area contributed by atoms with E-state index in [1.165, 1.54) is 23.9 Å². The van der Waals surface area contributed by atoms with Crippen LogP contribution in [0.1, 0.15) is 23.7 Å². The molecule has 0 aromatic heterocycles. The van der Waals surface area contributed by atoms with E-state index in [4.69, 9.17) is 0 Å². The number of carbonyl (C=O) groups is 1. The largest absolute Gasteiger partial charge is 0.294 e. The SMILES string of the molecule is CCC(=O)c1ccc(Sc2ccc(F)cc2F)cc1. The van der Waals surface area contributed by atoms with Gasteiger partial charge in [-0.1, -0.05) is 30.8 Å². The molecule has 2 aromatic carbocycles. The molecule has 0 spiro atoms. The molecule has 0 aliphatic heterocycles. The second kappa shape index (κ2) is 5.97. The number of rotatable bonds is 4. The van der Waals surface area contributed by atoms with Gasteiger partial charge >= 0.3 is 0 Å². The van der Waals surface area contributed by atoms with Crippen molar-refractivity contribution in [3.63, 3.8) is 0 Å². The highest BCUT2D eigenvalue weighted by Gasteiger charge is 2.07. The van der Waals surface area contributed by atoms with Gasteiger partial charge in [0.25, 0.3) is 0 Å². The maximum Gasteiger partial charge on any atom is 0.162 e. The molecule has 0 heterocycles. The first kappa shape index (κ1) is 13.7. The number of ketones is 1. The zero-order valence-electron chi connectivity index (χ0n) is 10.3. The molecule has 0 bridgehead atoms. The van der Waals surface area contributed by atoms with E-state index in [0.29, 0.717) is 16.9 Å². The van der Waals surface area contributed by atoms with Crippen molar-refractivity contribution >= 4 is 17.5 Å². The quantitative estimate of drug-likeness (QED) is 0.753. The lowest BCUT2D eigenvalue weighted by Gasteiger charge is -2.04. The molecule has 0 saturated carbocycles. The van der Waals surface area contributed by atoms with Gasteiger partial charge in [-0.05, 0) is 24.3 Å². The third kappa shape index (κ3) is 3.41. The van der Waals surface area contributed by atoms with Crippen molar-refractivity contribution in [1.29, 1.82) is 0 Å². The summed E-state index contributed by atoms with van der Waals surface area (Å²) < 4.78 is 26.3. The summed E-state index contributed by atoms with van der Waals surface area (Å²) in [6, 6.07) is 10.4. The van der Waals surface area contributed by atoms with Gasteiger partial charge in [0.05, 0.1) is 0 Å². The number of benzene rings is 2. The summed E-state index contributed by atoms with van der Waals surface area (Å²) >= 11 is 1.20. The second-order valence-electron chi connectivity index (χ2n) is 3.98. The van der Waals surface area contributed by atoms with Crippen LogP contribution in [0.25, 0.3) is 0 Å². The van der Waals surface area contributed by atoms with Gasteiger partial charge in [-0.15, -0.1) is 0 Å². The van der Waals surface area contributed by atoms with Crippen molar-refractivity contribution in [1.82, 2.24) is 0 Å². The Morgan fingerprint density at radius 1 is 1.11 bits per heavy atom. The third-order valence-electron chi connectivity index (χ3n) is 2.62. The van der Waals surface area contributed by atoms with Gasteiger partial charge in [-0.25, -0.2) is 8.78 Å². The molecular formula is C15H12F2OS. The smallest absolute Gasteiger partial charge is 0.162 e. The lowest BCUT2D eigenvalue weighted by Crippen LogP contribution is -1.95. The van der Waals surface area contributed by atoms with E-state index in [2.05, 4.69) is 0 Å². The Balaban J connectivity index is 2.17. The lowest BCUT2D eigenvalue weighted by molar-refractivity contribution is 0.0988. The molecule has 0 atom stereocenters. The van der Waals surface area contributed by atoms with E-state index in [1.54, 1.807) is 31.2 Å². The first-order valence-corrected chi connectivity index (χ1v) is 6.68. The Kier molecular flexibility index (Phi) is 4.32. The predicted molar refractivity (Wildman–Crippen MR) is 71.5 cm³/mol. The van der Waals surface area contributed by atoms with Crippen molar-refractivity contribution in [3.8, 4) is 0 Å². The van der Waals surface area contributed by atoms with Gasteiger partial charge in [-0.3, -0.25) is 4.79 Å². The van der Waals surface area contributed by atoms with E-state index >= 15 is 0 Å². The number of carbonyl (C=O) groups excluding carboxylic acids is 1. The molecule has 2 aromatic rings. The first-order valence-electron chi connectivity index (χ1n) is 5.86. The summed E-state index contributed by atoms with van der Waals surface area (Å²) in [5, 5.41) is 0. The molecule has 0 saturated heterocycles. The molecule has 0 fully saturated rings. The summed E-state index contributed by atoms with van der Waals surface area (Å²) in [6.07, 6.45) is 0.457. The van der Waals surface area contributed by atoms with Crippen LogP contribution in [0.15, 0.2) is 52.3 Å². The van der Waals surface area contributed by atoms with E-state index in [-0.39, 0.29) is 5.78 Å². The maximum absolute atomic E-state index is 13.5. The number of Topliss-reactive ketones (excluding diaryl/α,β-unsaturated/α-hetero) is 1. The van der Waals surface area contributed by atoms with E-state index < -0.39 is 11.6 Å². The van der Waals surface area contributed by atoms with Gasteiger partial charge in [0.1, 0.15) is 11.6 Å². The minimum absolute atomic E-state index is 0.0736. The molecule has 4 heteroatoms. The van der Waals surface area contributed by atoms with Crippen molar-refractivity contribution in [2.45, 2.75) is 23.1 Å². The number of hydrogen-bond acceptors (Lipinski definition) is 2. The molecule has 0 aliphatic carbocycles. The Morgan fingerprint density at radius 3 is 2.37 bits per heavy atom. The minimum Gasteiger partial charge on any atom is -0.294 e. The van der Waals surface area contributed by atoms with Crippen molar-refractivity contribution in [2.24, 2.45) is 0 Å². The van der Waals surface area contributed by atoms with E-state index in [9.17, 15) is 13.6 Å². The molecule has 0 unspecified atom stereocenters. The minimum atomic E-state index is -0.592. The molecule has 0 amide bonds. The average Bonchev–Trinajstić information content (AvgIpc) is 2.42. The molecule has 19 heavy (non-hydrogen) atoms. The third-order valence-corrected chi connectivity index (χ3v) is 3.68. The highest BCUT2D eigenvalue weighted by atomic mass is 32.2. The molecule has 2 rings (SSSR count). The Hall–Kier alpha value is -1.68. The van der Waals surface area contributed by atoms with E-state index in [1.807, 2.05) is 0 Å².